The van der Waals surface area contributed by atoms with Gasteiger partial charge in [-0.15, -0.1) is 4.89 Å². The zero-order chi connectivity index (χ0) is 9.99. The molecule has 0 spiro atoms. The number of rotatable bonds is 4. The van der Waals surface area contributed by atoms with Crippen molar-refractivity contribution in [3.05, 3.63) is 0 Å². The summed E-state index contributed by atoms with van der Waals surface area (Å²) >= 11 is 0. The molecule has 0 aliphatic heterocycles. The van der Waals surface area contributed by atoms with E-state index >= 15 is 0 Å². The van der Waals surface area contributed by atoms with Crippen LogP contribution in [0.3, 0.4) is 0 Å². The van der Waals surface area contributed by atoms with Crippen molar-refractivity contribution in [3.63, 3.8) is 0 Å². The molecule has 0 saturated heterocycles. The van der Waals surface area contributed by atoms with Crippen LogP contribution in [0.1, 0.15) is 0 Å². The topological polar surface area (TPSA) is 151 Å². The minimum absolute atomic E-state index is 3.15. The van der Waals surface area contributed by atoms with E-state index in [0.717, 1.165) is 0 Å². The largest absolute Gasteiger partial charge is 0.705 e. The maximum Gasteiger partial charge on any atom is 0.705 e. The molecule has 72 valence electrons. The summed E-state index contributed by atoms with van der Waals surface area (Å²) in [6.45, 7) is 0. The molecule has 0 aliphatic rings. The predicted molar refractivity (Wildman–Crippen MR) is 33.9 cm³/mol. The van der Waals surface area contributed by atoms with Crippen molar-refractivity contribution in [2.45, 2.75) is 0 Å². The number of hydrogen-bond donors (Lipinski definition) is 4. The second-order valence-corrected chi connectivity index (χ2v) is 5.06. The third-order valence-electron chi connectivity index (χ3n) is 0.383. The summed E-state index contributed by atoms with van der Waals surface area (Å²) in [6.07, 6.45) is 0. The Balaban J connectivity index is 4.35. The van der Waals surface area contributed by atoms with Crippen LogP contribution in [-0.2, 0) is 22.3 Å². The normalized spacial score (nSPS) is 18.5. The average Bonchev–Trinajstić information content (AvgIpc) is 1.48. The first-order valence-corrected chi connectivity index (χ1v) is 6.23. The molecule has 0 aromatic carbocycles. The van der Waals surface area contributed by atoms with Gasteiger partial charge in [0.1, 0.15) is 0 Å². The van der Waals surface area contributed by atoms with E-state index < -0.39 is 23.9 Å². The van der Waals surface area contributed by atoms with Gasteiger partial charge in [-0.25, -0.2) is 9.13 Å². The molecule has 0 aliphatic carbocycles. The molecule has 0 rings (SSSR count). The first-order valence-electron chi connectivity index (χ1n) is 2.08. The van der Waals surface area contributed by atoms with E-state index in [9.17, 15) is 13.7 Å². The summed E-state index contributed by atoms with van der Waals surface area (Å²) in [5, 5.41) is 0. The highest BCUT2D eigenvalue weighted by atomic mass is 31.3. The van der Waals surface area contributed by atoms with Gasteiger partial charge in [-0.2, -0.15) is 4.31 Å². The Kier molecular flexibility index (Phi) is 4.13. The highest BCUT2D eigenvalue weighted by molar-refractivity contribution is 7.64. The van der Waals surface area contributed by atoms with Crippen molar-refractivity contribution in [1.29, 1.82) is 0 Å². The molecule has 0 fully saturated rings. The molecule has 2 atom stereocenters. The Labute approximate surface area is 66.8 Å². The first kappa shape index (κ1) is 12.3. The molecule has 0 aromatic rings. The second kappa shape index (κ2) is 4.02. The smallest absolute Gasteiger partial charge is 0.302 e. The van der Waals surface area contributed by atoms with Gasteiger partial charge in [0.2, 0.25) is 0 Å². The Morgan fingerprint density at radius 3 is 1.83 bits per heavy atom. The van der Waals surface area contributed by atoms with Crippen molar-refractivity contribution < 1.29 is 41.9 Å². The molecule has 0 heterocycles. The van der Waals surface area contributed by atoms with Crippen LogP contribution < -0.4 is 0 Å². The van der Waals surface area contributed by atoms with Crippen LogP contribution in [0.25, 0.3) is 0 Å². The summed E-state index contributed by atoms with van der Waals surface area (Å²) < 4.78 is 36.4. The third kappa shape index (κ3) is 7.00. The molecule has 4 N–H and O–H groups in total. The molecular weight excluding hydrogens is 237 g/mol. The quantitative estimate of drug-likeness (QED) is 0.492. The summed E-state index contributed by atoms with van der Waals surface area (Å²) in [4.78, 5) is 32.1. The van der Waals surface area contributed by atoms with Gasteiger partial charge in [0, 0.05) is 4.57 Å². The first-order chi connectivity index (χ1) is 5.12. The maximum absolute atomic E-state index is 10.3. The van der Waals surface area contributed by atoms with Crippen LogP contribution in [0, 0.1) is 0 Å². The summed E-state index contributed by atoms with van der Waals surface area (Å²) in [6, 6.07) is 0. The molecule has 0 aromatic heterocycles. The van der Waals surface area contributed by atoms with Crippen LogP contribution in [0.4, 0.5) is 0 Å². The SMILES string of the molecule is O=[P+](O)OP(=O)(O)OP(=O)(O)O. The minimum Gasteiger partial charge on any atom is -0.302 e. The third-order valence-corrected chi connectivity index (χ3v) is 3.44. The van der Waals surface area contributed by atoms with Crippen LogP contribution in [0.15, 0.2) is 0 Å². The van der Waals surface area contributed by atoms with Crippen molar-refractivity contribution in [2.24, 2.45) is 0 Å². The average molecular weight is 241 g/mol. The molecule has 9 nitrogen and oxygen atoms in total. The monoisotopic (exact) mass is 241 g/mol. The number of hydrogen-bond acceptors (Lipinski definition) is 5. The van der Waals surface area contributed by atoms with Gasteiger partial charge in [0.05, 0.1) is 0 Å². The lowest BCUT2D eigenvalue weighted by molar-refractivity contribution is 0.227. The van der Waals surface area contributed by atoms with Gasteiger partial charge in [-0.3, -0.25) is 4.89 Å². The van der Waals surface area contributed by atoms with E-state index in [0.29, 0.717) is 0 Å². The lowest BCUT2D eigenvalue weighted by Gasteiger charge is -2.04. The van der Waals surface area contributed by atoms with Crippen LogP contribution >= 0.6 is 23.9 Å². The van der Waals surface area contributed by atoms with Gasteiger partial charge in [0.25, 0.3) is 0 Å². The lowest BCUT2D eigenvalue weighted by atomic mass is 15.7. The van der Waals surface area contributed by atoms with Gasteiger partial charge < -0.3 is 9.79 Å². The van der Waals surface area contributed by atoms with Crippen LogP contribution in [-0.4, -0.2) is 19.6 Å². The van der Waals surface area contributed by atoms with Gasteiger partial charge >= 0.3 is 23.9 Å². The summed E-state index contributed by atoms with van der Waals surface area (Å²) in [5.41, 5.74) is 0. The molecule has 2 unspecified atom stereocenters. The fourth-order valence-electron chi connectivity index (χ4n) is 0.238. The van der Waals surface area contributed by atoms with Gasteiger partial charge in [-0.1, -0.05) is 0 Å². The van der Waals surface area contributed by atoms with E-state index in [1.54, 1.807) is 0 Å². The van der Waals surface area contributed by atoms with E-state index in [1.807, 2.05) is 0 Å². The Morgan fingerprint density at radius 1 is 1.17 bits per heavy atom. The van der Waals surface area contributed by atoms with Crippen molar-refractivity contribution >= 4 is 23.9 Å². The zero-order valence-corrected chi connectivity index (χ0v) is 7.86. The Hall–Kier alpha value is 0.320. The molecule has 12 heteroatoms. The van der Waals surface area contributed by atoms with Crippen molar-refractivity contribution in [1.82, 2.24) is 0 Å². The molecule has 0 saturated carbocycles. The minimum atomic E-state index is -5.22. The zero-order valence-electron chi connectivity index (χ0n) is 5.17. The van der Waals surface area contributed by atoms with E-state index in [1.165, 1.54) is 0 Å². The molecule has 0 radical (unpaired) electrons. The van der Waals surface area contributed by atoms with Crippen LogP contribution in [0.2, 0.25) is 0 Å². The maximum atomic E-state index is 10.3. The van der Waals surface area contributed by atoms with Gasteiger partial charge in [0.15, 0.2) is 0 Å². The van der Waals surface area contributed by atoms with Crippen molar-refractivity contribution in [2.75, 3.05) is 0 Å². The van der Waals surface area contributed by atoms with Crippen LogP contribution in [0.5, 0.6) is 0 Å². The molecule has 0 bridgehead atoms. The lowest BCUT2D eigenvalue weighted by Crippen LogP contribution is -1.87. The summed E-state index contributed by atoms with van der Waals surface area (Å²) in [7, 11) is -13.9. The van der Waals surface area contributed by atoms with E-state index in [2.05, 4.69) is 8.62 Å². The molecular formula is H4O9P3+. The highest BCUT2D eigenvalue weighted by Gasteiger charge is 2.40. The van der Waals surface area contributed by atoms with E-state index in [4.69, 9.17) is 19.6 Å². The highest BCUT2D eigenvalue weighted by Crippen LogP contribution is 2.60. The van der Waals surface area contributed by atoms with Gasteiger partial charge in [-0.05, 0) is 4.31 Å². The molecule has 12 heavy (non-hydrogen) atoms. The van der Waals surface area contributed by atoms with Crippen molar-refractivity contribution in [3.8, 4) is 0 Å². The standard InChI is InChI=1S/H3O9P3/c1-10(2)8-12(6,7)9-11(3,4)5/h(H3-,1,2,3,4,5,6,7)/p+1. The fourth-order valence-corrected chi connectivity index (χ4v) is 2.41. The second-order valence-electron chi connectivity index (χ2n) is 1.36. The van der Waals surface area contributed by atoms with E-state index in [-0.39, 0.29) is 0 Å². The summed E-state index contributed by atoms with van der Waals surface area (Å²) in [5.74, 6) is 0. The predicted octanol–water partition coefficient (Wildman–Crippen LogP) is -0.138. The molecule has 0 amide bonds. The Morgan fingerprint density at radius 2 is 1.58 bits per heavy atom. The Bertz CT molecular complexity index is 257. The number of phosphoric acid groups is 2. The fraction of sp³-hybridized carbons (Fsp3) is 0.